The average molecular weight is 305 g/mol. The zero-order valence-electron chi connectivity index (χ0n) is 12.2. The van der Waals surface area contributed by atoms with Crippen LogP contribution in [-0.4, -0.2) is 22.5 Å². The number of aromatic hydroxyl groups is 1. The van der Waals surface area contributed by atoms with E-state index in [4.69, 9.17) is 11.6 Å². The molecule has 110 valence electrons. The van der Waals surface area contributed by atoms with Gasteiger partial charge in [0.1, 0.15) is 10.9 Å². The molecule has 0 bridgehead atoms. The molecule has 0 aliphatic heterocycles. The molecule has 0 aliphatic carbocycles. The molecule has 4 nitrogen and oxygen atoms in total. The number of hydrogen-bond acceptors (Lipinski definition) is 3. The zero-order valence-corrected chi connectivity index (χ0v) is 13.0. The fourth-order valence-corrected chi connectivity index (χ4v) is 2.47. The Hall–Kier alpha value is -2.07. The van der Waals surface area contributed by atoms with Crippen molar-refractivity contribution >= 4 is 23.2 Å². The van der Waals surface area contributed by atoms with Crippen molar-refractivity contribution in [1.82, 2.24) is 4.98 Å². The van der Waals surface area contributed by atoms with Gasteiger partial charge in [-0.1, -0.05) is 17.7 Å². The number of carbonyl (C=O) groups excluding carboxylic acids is 1. The lowest BCUT2D eigenvalue weighted by Gasteiger charge is -2.23. The number of amides is 1. The minimum Gasteiger partial charge on any atom is -0.508 e. The van der Waals surface area contributed by atoms with E-state index in [-0.39, 0.29) is 11.7 Å². The summed E-state index contributed by atoms with van der Waals surface area (Å²) in [6, 6.07) is 8.23. The maximum Gasteiger partial charge on any atom is 0.258 e. The Balaban J connectivity index is 2.45. The van der Waals surface area contributed by atoms with Crippen molar-refractivity contribution in [3.8, 4) is 5.75 Å². The lowest BCUT2D eigenvalue weighted by molar-refractivity contribution is 0.0988. The first-order valence-corrected chi connectivity index (χ1v) is 7.06. The number of aromatic nitrogens is 1. The Morgan fingerprint density at radius 3 is 2.62 bits per heavy atom. The van der Waals surface area contributed by atoms with E-state index in [2.05, 4.69) is 4.98 Å². The Morgan fingerprint density at radius 1 is 1.29 bits per heavy atom. The number of aryl methyl sites for hydroxylation is 2. The average Bonchev–Trinajstić information content (AvgIpc) is 2.42. The Bertz CT molecular complexity index is 666. The molecule has 21 heavy (non-hydrogen) atoms. The number of anilines is 1. The molecule has 0 atom stereocenters. The van der Waals surface area contributed by atoms with Gasteiger partial charge in [0, 0.05) is 23.9 Å². The van der Waals surface area contributed by atoms with Crippen LogP contribution in [0.25, 0.3) is 0 Å². The molecule has 2 rings (SSSR count). The number of pyridine rings is 1. The summed E-state index contributed by atoms with van der Waals surface area (Å²) in [7, 11) is 0. The van der Waals surface area contributed by atoms with Crippen LogP contribution in [0.2, 0.25) is 5.15 Å². The van der Waals surface area contributed by atoms with Gasteiger partial charge in [0.05, 0.1) is 5.69 Å². The van der Waals surface area contributed by atoms with Gasteiger partial charge in [0.2, 0.25) is 0 Å². The number of halogens is 1. The predicted molar refractivity (Wildman–Crippen MR) is 84.2 cm³/mol. The monoisotopic (exact) mass is 304 g/mol. The maximum atomic E-state index is 12.7. The third-order valence-corrected chi connectivity index (χ3v) is 3.41. The van der Waals surface area contributed by atoms with Crippen LogP contribution in [0.3, 0.4) is 0 Å². The molecule has 1 aromatic heterocycles. The van der Waals surface area contributed by atoms with Gasteiger partial charge in [0.15, 0.2) is 0 Å². The largest absolute Gasteiger partial charge is 0.508 e. The van der Waals surface area contributed by atoms with Gasteiger partial charge in [0.25, 0.3) is 5.91 Å². The summed E-state index contributed by atoms with van der Waals surface area (Å²) >= 11 is 5.92. The third kappa shape index (κ3) is 3.34. The molecule has 0 radical (unpaired) electrons. The molecule has 1 heterocycles. The molecule has 0 unspecified atom stereocenters. The van der Waals surface area contributed by atoms with Crippen LogP contribution in [0.5, 0.6) is 5.75 Å². The summed E-state index contributed by atoms with van der Waals surface area (Å²) < 4.78 is 0. The molecule has 0 spiro atoms. The number of rotatable bonds is 3. The Kier molecular flexibility index (Phi) is 4.48. The van der Waals surface area contributed by atoms with Crippen LogP contribution >= 0.6 is 11.6 Å². The minimum absolute atomic E-state index is 0.130. The fourth-order valence-electron chi connectivity index (χ4n) is 2.22. The van der Waals surface area contributed by atoms with Gasteiger partial charge in [-0.3, -0.25) is 4.79 Å². The van der Waals surface area contributed by atoms with Crippen molar-refractivity contribution in [3.63, 3.8) is 0 Å². The molecule has 5 heteroatoms. The van der Waals surface area contributed by atoms with Gasteiger partial charge in [-0.05, 0) is 44.5 Å². The second-order valence-corrected chi connectivity index (χ2v) is 5.23. The highest BCUT2D eigenvalue weighted by molar-refractivity contribution is 6.29. The van der Waals surface area contributed by atoms with E-state index in [1.807, 2.05) is 13.8 Å². The molecule has 0 fully saturated rings. The van der Waals surface area contributed by atoms with E-state index in [9.17, 15) is 9.90 Å². The predicted octanol–water partition coefficient (Wildman–Crippen LogP) is 3.72. The van der Waals surface area contributed by atoms with Crippen molar-refractivity contribution in [1.29, 1.82) is 0 Å². The quantitative estimate of drug-likeness (QED) is 0.879. The summed E-state index contributed by atoms with van der Waals surface area (Å²) in [6.45, 7) is 6.06. The molecule has 0 saturated carbocycles. The first kappa shape index (κ1) is 15.3. The first-order chi connectivity index (χ1) is 9.92. The number of phenolic OH excluding ortho intramolecular Hbond substituents is 1. The topological polar surface area (TPSA) is 53.4 Å². The number of benzene rings is 1. The smallest absolute Gasteiger partial charge is 0.258 e. The van der Waals surface area contributed by atoms with Crippen molar-refractivity contribution in [2.45, 2.75) is 20.8 Å². The highest BCUT2D eigenvalue weighted by Crippen LogP contribution is 2.26. The van der Waals surface area contributed by atoms with E-state index in [0.29, 0.717) is 28.6 Å². The highest BCUT2D eigenvalue weighted by Gasteiger charge is 2.19. The molecule has 1 amide bonds. The summed E-state index contributed by atoms with van der Waals surface area (Å²) in [5, 5.41) is 9.95. The number of hydrogen-bond donors (Lipinski definition) is 1. The van der Waals surface area contributed by atoms with Crippen molar-refractivity contribution in [2.24, 2.45) is 0 Å². The van der Waals surface area contributed by atoms with Crippen LogP contribution in [-0.2, 0) is 0 Å². The van der Waals surface area contributed by atoms with Crippen molar-refractivity contribution < 1.29 is 9.90 Å². The molecule has 0 aliphatic rings. The van der Waals surface area contributed by atoms with E-state index < -0.39 is 0 Å². The molecule has 2 aromatic rings. The van der Waals surface area contributed by atoms with Crippen molar-refractivity contribution in [3.05, 3.63) is 52.3 Å². The zero-order chi connectivity index (χ0) is 15.6. The van der Waals surface area contributed by atoms with Crippen molar-refractivity contribution in [2.75, 3.05) is 11.4 Å². The van der Waals surface area contributed by atoms with Gasteiger partial charge >= 0.3 is 0 Å². The van der Waals surface area contributed by atoms with Gasteiger partial charge in [-0.15, -0.1) is 0 Å². The number of phenols is 1. The highest BCUT2D eigenvalue weighted by atomic mass is 35.5. The van der Waals surface area contributed by atoms with Crippen LogP contribution in [0, 0.1) is 13.8 Å². The van der Waals surface area contributed by atoms with Gasteiger partial charge < -0.3 is 10.0 Å². The normalized spacial score (nSPS) is 10.5. The lowest BCUT2D eigenvalue weighted by Crippen LogP contribution is -2.31. The van der Waals surface area contributed by atoms with Gasteiger partial charge in [-0.25, -0.2) is 4.98 Å². The van der Waals surface area contributed by atoms with Crippen LogP contribution < -0.4 is 4.90 Å². The molecular formula is C16H17ClN2O2. The second-order valence-electron chi connectivity index (χ2n) is 4.84. The lowest BCUT2D eigenvalue weighted by atomic mass is 10.1. The number of carbonyl (C=O) groups is 1. The van der Waals surface area contributed by atoms with Crippen LogP contribution in [0.1, 0.15) is 28.5 Å². The van der Waals surface area contributed by atoms with Crippen LogP contribution in [0.15, 0.2) is 30.3 Å². The minimum atomic E-state index is -0.168. The molecular weight excluding hydrogens is 288 g/mol. The summed E-state index contributed by atoms with van der Waals surface area (Å²) in [6.07, 6.45) is 0. The second kappa shape index (κ2) is 6.14. The Morgan fingerprint density at radius 2 is 2.00 bits per heavy atom. The maximum absolute atomic E-state index is 12.7. The van der Waals surface area contributed by atoms with E-state index in [0.717, 1.165) is 5.56 Å². The van der Waals surface area contributed by atoms with Gasteiger partial charge in [-0.2, -0.15) is 0 Å². The van der Waals surface area contributed by atoms with Crippen LogP contribution in [0.4, 0.5) is 5.69 Å². The molecule has 0 saturated heterocycles. The summed E-state index contributed by atoms with van der Waals surface area (Å²) in [5.74, 6) is -0.0376. The van der Waals surface area contributed by atoms with E-state index in [1.54, 1.807) is 42.2 Å². The van der Waals surface area contributed by atoms with E-state index in [1.165, 1.54) is 0 Å². The SMILES string of the molecule is CCN(C(=O)c1cc(C)nc(Cl)c1)c1cc(O)ccc1C. The fraction of sp³-hybridized carbons (Fsp3) is 0.250. The number of nitrogens with zero attached hydrogens (tertiary/aromatic N) is 2. The Labute approximate surface area is 129 Å². The first-order valence-electron chi connectivity index (χ1n) is 6.68. The van der Waals surface area contributed by atoms with E-state index >= 15 is 0 Å². The third-order valence-electron chi connectivity index (χ3n) is 3.21. The summed E-state index contributed by atoms with van der Waals surface area (Å²) in [4.78, 5) is 18.4. The molecule has 1 aromatic carbocycles. The molecule has 1 N–H and O–H groups in total. The summed E-state index contributed by atoms with van der Waals surface area (Å²) in [5.41, 5.74) is 2.78. The standard InChI is InChI=1S/C16H17ClN2O2/c1-4-19(14-9-13(20)6-5-10(14)2)16(21)12-7-11(3)18-15(17)8-12/h5-9,20H,4H2,1-3H3.